The van der Waals surface area contributed by atoms with Crippen molar-refractivity contribution in [3.8, 4) is 0 Å². The summed E-state index contributed by atoms with van der Waals surface area (Å²) in [6, 6.07) is 11.4. The van der Waals surface area contributed by atoms with E-state index in [2.05, 4.69) is 10.0 Å². The van der Waals surface area contributed by atoms with Gasteiger partial charge in [0.25, 0.3) is 10.0 Å². The van der Waals surface area contributed by atoms with Crippen LogP contribution in [-0.4, -0.2) is 40.8 Å². The summed E-state index contributed by atoms with van der Waals surface area (Å²) in [6.45, 7) is 3.13. The predicted molar refractivity (Wildman–Crippen MR) is 107 cm³/mol. The number of benzene rings is 2. The molecule has 0 spiro atoms. The van der Waals surface area contributed by atoms with Gasteiger partial charge >= 0.3 is 5.97 Å². The van der Waals surface area contributed by atoms with Crippen molar-refractivity contribution in [3.63, 3.8) is 0 Å². The second-order valence-corrected chi connectivity index (χ2v) is 8.34. The molecule has 1 aliphatic heterocycles. The number of rotatable bonds is 7. The van der Waals surface area contributed by atoms with Crippen LogP contribution < -0.4 is 10.0 Å². The fourth-order valence-corrected chi connectivity index (χ4v) is 4.26. The summed E-state index contributed by atoms with van der Waals surface area (Å²) in [5.41, 5.74) is 2.03. The van der Waals surface area contributed by atoms with Crippen LogP contribution in [0, 0.1) is 6.92 Å². The molecule has 8 heteroatoms. The van der Waals surface area contributed by atoms with E-state index in [0.29, 0.717) is 24.5 Å². The van der Waals surface area contributed by atoms with E-state index in [-0.39, 0.29) is 16.6 Å². The van der Waals surface area contributed by atoms with Crippen LogP contribution in [0.3, 0.4) is 0 Å². The molecule has 0 bridgehead atoms. The molecule has 2 N–H and O–H groups in total. The number of hydrogen-bond donors (Lipinski definition) is 2. The summed E-state index contributed by atoms with van der Waals surface area (Å²) in [5, 5.41) is 3.14. The minimum atomic E-state index is -3.93. The Kier molecular flexibility index (Phi) is 6.21. The van der Waals surface area contributed by atoms with Gasteiger partial charge in [0.2, 0.25) is 0 Å². The van der Waals surface area contributed by atoms with Crippen LogP contribution in [-0.2, 0) is 19.5 Å². The van der Waals surface area contributed by atoms with E-state index in [1.54, 1.807) is 18.2 Å². The maximum absolute atomic E-state index is 13.0. The van der Waals surface area contributed by atoms with Crippen LogP contribution >= 0.6 is 0 Å². The van der Waals surface area contributed by atoms with E-state index >= 15 is 0 Å². The highest BCUT2D eigenvalue weighted by atomic mass is 32.2. The van der Waals surface area contributed by atoms with Gasteiger partial charge in [0.1, 0.15) is 4.90 Å². The Bertz CT molecular complexity index is 936. The molecule has 0 unspecified atom stereocenters. The lowest BCUT2D eigenvalue weighted by Gasteiger charge is -2.17. The van der Waals surface area contributed by atoms with Crippen LogP contribution in [0.15, 0.2) is 47.4 Å². The van der Waals surface area contributed by atoms with Crippen molar-refractivity contribution >= 4 is 27.4 Å². The predicted octanol–water partition coefficient (Wildman–Crippen LogP) is 3.17. The number of carbonyl (C=O) groups is 1. The summed E-state index contributed by atoms with van der Waals surface area (Å²) < 4.78 is 38.9. The van der Waals surface area contributed by atoms with Crippen molar-refractivity contribution in [2.75, 3.05) is 30.3 Å². The molecule has 1 aliphatic rings. The number of hydrogen-bond acceptors (Lipinski definition) is 6. The topological polar surface area (TPSA) is 93.7 Å². The Balaban J connectivity index is 1.91. The van der Waals surface area contributed by atoms with E-state index < -0.39 is 16.0 Å². The highest BCUT2D eigenvalue weighted by molar-refractivity contribution is 7.92. The van der Waals surface area contributed by atoms with Gasteiger partial charge in [0.15, 0.2) is 0 Å². The van der Waals surface area contributed by atoms with Gasteiger partial charge in [-0.3, -0.25) is 4.72 Å². The lowest BCUT2D eigenvalue weighted by molar-refractivity contribution is 0.0600. The normalized spacial score (nSPS) is 16.6. The first-order chi connectivity index (χ1) is 13.4. The molecule has 2 aromatic carbocycles. The number of anilines is 2. The van der Waals surface area contributed by atoms with Gasteiger partial charge in [-0.25, -0.2) is 13.2 Å². The third kappa shape index (κ3) is 4.82. The molecule has 28 heavy (non-hydrogen) atoms. The van der Waals surface area contributed by atoms with Gasteiger partial charge in [-0.2, -0.15) is 0 Å². The number of ether oxygens (including phenoxy) is 2. The zero-order chi connectivity index (χ0) is 20.1. The molecule has 0 amide bonds. The second-order valence-electron chi connectivity index (χ2n) is 6.69. The number of methoxy groups -OCH3 is 1. The molecule has 1 heterocycles. The summed E-state index contributed by atoms with van der Waals surface area (Å²) in [7, 11) is -2.67. The standard InChI is InChI=1S/C20H24N2O5S/c1-14-5-8-16(9-6-14)22-28(24,25)19-12-15(20(23)26-2)7-10-18(19)21-13-17-4-3-11-27-17/h5-10,12,17,21-22H,3-4,11,13H2,1-2H3/t17-/m1/s1. The number of nitrogens with one attached hydrogen (secondary N) is 2. The number of carbonyl (C=O) groups excluding carboxylic acids is 1. The first-order valence-corrected chi connectivity index (χ1v) is 10.5. The molecule has 0 aliphatic carbocycles. The molecule has 150 valence electrons. The van der Waals surface area contributed by atoms with Crippen LogP contribution in [0.1, 0.15) is 28.8 Å². The molecule has 1 atom stereocenters. The molecule has 3 rings (SSSR count). The Morgan fingerprint density at radius 3 is 2.61 bits per heavy atom. The van der Waals surface area contributed by atoms with E-state index in [1.165, 1.54) is 19.2 Å². The van der Waals surface area contributed by atoms with Crippen molar-refractivity contribution in [3.05, 3.63) is 53.6 Å². The van der Waals surface area contributed by atoms with Gasteiger partial charge < -0.3 is 14.8 Å². The Hall–Kier alpha value is -2.58. The van der Waals surface area contributed by atoms with Gasteiger partial charge in [-0.15, -0.1) is 0 Å². The lowest BCUT2D eigenvalue weighted by Crippen LogP contribution is -2.21. The fraction of sp³-hybridized carbons (Fsp3) is 0.350. The minimum Gasteiger partial charge on any atom is -0.465 e. The average molecular weight is 404 g/mol. The molecular weight excluding hydrogens is 380 g/mol. The maximum Gasteiger partial charge on any atom is 0.337 e. The highest BCUT2D eigenvalue weighted by Crippen LogP contribution is 2.26. The summed E-state index contributed by atoms with van der Waals surface area (Å²) in [4.78, 5) is 11.9. The van der Waals surface area contributed by atoms with Gasteiger partial charge in [0, 0.05) is 18.8 Å². The summed E-state index contributed by atoms with van der Waals surface area (Å²) >= 11 is 0. The molecule has 7 nitrogen and oxygen atoms in total. The largest absolute Gasteiger partial charge is 0.465 e. The molecule has 1 fully saturated rings. The van der Waals surface area contributed by atoms with E-state index in [0.717, 1.165) is 18.4 Å². The highest BCUT2D eigenvalue weighted by Gasteiger charge is 2.23. The number of sulfonamides is 1. The Labute approximate surface area is 165 Å². The quantitative estimate of drug-likeness (QED) is 0.689. The van der Waals surface area contributed by atoms with Gasteiger partial charge in [0.05, 0.1) is 24.5 Å². The van der Waals surface area contributed by atoms with Crippen LogP contribution in [0.25, 0.3) is 0 Å². The monoisotopic (exact) mass is 404 g/mol. The first-order valence-electron chi connectivity index (χ1n) is 9.06. The third-order valence-corrected chi connectivity index (χ3v) is 5.96. The molecular formula is C20H24N2O5S. The molecule has 0 radical (unpaired) electrons. The van der Waals surface area contributed by atoms with Crippen molar-refractivity contribution < 1.29 is 22.7 Å². The van der Waals surface area contributed by atoms with E-state index in [1.807, 2.05) is 19.1 Å². The summed E-state index contributed by atoms with van der Waals surface area (Å²) in [5.74, 6) is -0.600. The Morgan fingerprint density at radius 1 is 1.21 bits per heavy atom. The van der Waals surface area contributed by atoms with E-state index in [4.69, 9.17) is 9.47 Å². The van der Waals surface area contributed by atoms with Crippen molar-refractivity contribution in [1.82, 2.24) is 0 Å². The van der Waals surface area contributed by atoms with Crippen molar-refractivity contribution in [1.29, 1.82) is 0 Å². The smallest absolute Gasteiger partial charge is 0.337 e. The zero-order valence-corrected chi connectivity index (χ0v) is 16.7. The first kappa shape index (κ1) is 20.2. The summed E-state index contributed by atoms with van der Waals surface area (Å²) in [6.07, 6.45) is 1.96. The SMILES string of the molecule is COC(=O)c1ccc(NC[C@H]2CCCO2)c(S(=O)(=O)Nc2ccc(C)cc2)c1. The van der Waals surface area contributed by atoms with Gasteiger partial charge in [-0.05, 0) is 50.1 Å². The number of esters is 1. The Morgan fingerprint density at radius 2 is 1.96 bits per heavy atom. The van der Waals surface area contributed by atoms with Gasteiger partial charge in [-0.1, -0.05) is 17.7 Å². The number of aryl methyl sites for hydroxylation is 1. The molecule has 0 saturated carbocycles. The molecule has 1 saturated heterocycles. The van der Waals surface area contributed by atoms with Crippen molar-refractivity contribution in [2.24, 2.45) is 0 Å². The lowest BCUT2D eigenvalue weighted by atomic mass is 10.2. The van der Waals surface area contributed by atoms with Crippen LogP contribution in [0.4, 0.5) is 11.4 Å². The van der Waals surface area contributed by atoms with Crippen molar-refractivity contribution in [2.45, 2.75) is 30.8 Å². The third-order valence-electron chi connectivity index (χ3n) is 4.54. The second kappa shape index (κ2) is 8.62. The minimum absolute atomic E-state index is 0.0195. The maximum atomic E-state index is 13.0. The van der Waals surface area contributed by atoms with E-state index in [9.17, 15) is 13.2 Å². The zero-order valence-electron chi connectivity index (χ0n) is 15.9. The van der Waals surface area contributed by atoms with Crippen LogP contribution in [0.2, 0.25) is 0 Å². The molecule has 2 aromatic rings. The van der Waals surface area contributed by atoms with Crippen LogP contribution in [0.5, 0.6) is 0 Å². The fourth-order valence-electron chi connectivity index (χ4n) is 3.00. The molecule has 0 aromatic heterocycles. The average Bonchev–Trinajstić information content (AvgIpc) is 3.21.